The molecule has 1 aromatic rings. The van der Waals surface area contributed by atoms with Gasteiger partial charge >= 0.3 is 0 Å². The van der Waals surface area contributed by atoms with Gasteiger partial charge in [0.15, 0.2) is 15.8 Å². The largest absolute Gasteiger partial charge is 0.491 e. The Kier molecular flexibility index (Phi) is 6.55. The molecule has 0 aliphatic carbocycles. The van der Waals surface area contributed by atoms with Crippen LogP contribution in [0.3, 0.4) is 0 Å². The quantitative estimate of drug-likeness (QED) is 0.627. The summed E-state index contributed by atoms with van der Waals surface area (Å²) in [5, 5.41) is 3.28. The van der Waals surface area contributed by atoms with Gasteiger partial charge in [0, 0.05) is 19.6 Å². The molecule has 0 atom stereocenters. The molecule has 1 heterocycles. The number of sulfone groups is 1. The van der Waals surface area contributed by atoms with Crippen LogP contribution in [-0.2, 0) is 16.4 Å². The first-order valence-electron chi connectivity index (χ1n) is 9.16. The first-order valence-corrected chi connectivity index (χ1v) is 10.8. The second kappa shape index (κ2) is 8.29. The number of aliphatic imine (C=N–C) groups is 1. The molecule has 0 amide bonds. The Hall–Kier alpha value is -1.76. The molecule has 146 valence electrons. The van der Waals surface area contributed by atoms with Gasteiger partial charge in [-0.25, -0.2) is 13.4 Å². The Balaban J connectivity index is 2.09. The fraction of sp³-hybridized carbons (Fsp3) is 0.632. The summed E-state index contributed by atoms with van der Waals surface area (Å²) in [6.45, 7) is 11.8. The van der Waals surface area contributed by atoms with E-state index in [1.807, 2.05) is 49.9 Å². The summed E-state index contributed by atoms with van der Waals surface area (Å²) in [5.41, 5.74) is 1.08. The van der Waals surface area contributed by atoms with Gasteiger partial charge in [-0.05, 0) is 52.3 Å². The van der Waals surface area contributed by atoms with E-state index in [1.165, 1.54) is 0 Å². The summed E-state index contributed by atoms with van der Waals surface area (Å²) in [4.78, 5) is 6.75. The van der Waals surface area contributed by atoms with E-state index in [-0.39, 0.29) is 11.9 Å². The molecular weight excluding hydrogens is 350 g/mol. The Labute approximate surface area is 157 Å². The Morgan fingerprint density at radius 2 is 1.96 bits per heavy atom. The van der Waals surface area contributed by atoms with E-state index in [0.29, 0.717) is 19.6 Å². The molecule has 0 radical (unpaired) electrons. The minimum Gasteiger partial charge on any atom is -0.491 e. The Morgan fingerprint density at radius 1 is 1.31 bits per heavy atom. The van der Waals surface area contributed by atoms with Crippen LogP contribution in [0, 0.1) is 0 Å². The zero-order valence-corrected chi connectivity index (χ0v) is 17.3. The highest BCUT2D eigenvalue weighted by Crippen LogP contribution is 2.24. The van der Waals surface area contributed by atoms with Gasteiger partial charge in [-0.1, -0.05) is 12.1 Å². The monoisotopic (exact) mass is 381 g/mol. The van der Waals surface area contributed by atoms with Crippen LogP contribution >= 0.6 is 0 Å². The highest BCUT2D eigenvalue weighted by molar-refractivity contribution is 7.92. The van der Waals surface area contributed by atoms with Crippen LogP contribution in [0.1, 0.15) is 40.2 Å². The summed E-state index contributed by atoms with van der Waals surface area (Å²) in [6.07, 6.45) is 0.151. The minimum absolute atomic E-state index is 0.151. The van der Waals surface area contributed by atoms with Gasteiger partial charge in [0.2, 0.25) is 0 Å². The molecule has 1 aliphatic rings. The lowest BCUT2D eigenvalue weighted by Gasteiger charge is -2.39. The molecule has 6 nitrogen and oxygen atoms in total. The third-order valence-corrected chi connectivity index (χ3v) is 6.92. The van der Waals surface area contributed by atoms with Gasteiger partial charge in [-0.3, -0.25) is 0 Å². The number of hydrogen-bond donors (Lipinski definition) is 1. The number of rotatable bonds is 5. The third kappa shape index (κ3) is 5.13. The minimum atomic E-state index is -3.06. The van der Waals surface area contributed by atoms with Crippen LogP contribution in [0.2, 0.25) is 0 Å². The first-order chi connectivity index (χ1) is 12.1. The number of hydrogen-bond acceptors (Lipinski definition) is 4. The van der Waals surface area contributed by atoms with Gasteiger partial charge < -0.3 is 15.0 Å². The van der Waals surface area contributed by atoms with Crippen LogP contribution in [0.25, 0.3) is 0 Å². The van der Waals surface area contributed by atoms with Crippen molar-refractivity contribution in [2.75, 3.05) is 25.4 Å². The second-order valence-electron chi connectivity index (χ2n) is 7.48. The van der Waals surface area contributed by atoms with Gasteiger partial charge in [-0.15, -0.1) is 0 Å². The van der Waals surface area contributed by atoms with Crippen molar-refractivity contribution in [3.63, 3.8) is 0 Å². The van der Waals surface area contributed by atoms with E-state index < -0.39 is 14.6 Å². The molecule has 1 N–H and O–H groups in total. The fourth-order valence-corrected chi connectivity index (χ4v) is 4.23. The van der Waals surface area contributed by atoms with E-state index in [0.717, 1.165) is 23.8 Å². The second-order valence-corrected chi connectivity index (χ2v) is 10.2. The van der Waals surface area contributed by atoms with Crippen LogP contribution in [0.4, 0.5) is 0 Å². The lowest BCUT2D eigenvalue weighted by Crippen LogP contribution is -2.57. The topological polar surface area (TPSA) is 71.0 Å². The van der Waals surface area contributed by atoms with E-state index in [9.17, 15) is 8.42 Å². The fourth-order valence-electron chi connectivity index (χ4n) is 2.86. The lowest BCUT2D eigenvalue weighted by molar-refractivity contribution is 0.242. The third-order valence-electron chi connectivity index (χ3n) is 4.38. The lowest BCUT2D eigenvalue weighted by atomic mass is 10.2. The molecule has 0 unspecified atom stereocenters. The molecule has 1 aliphatic heterocycles. The summed E-state index contributed by atoms with van der Waals surface area (Å²) in [6, 6.07) is 7.92. The Bertz CT molecular complexity index is 725. The van der Waals surface area contributed by atoms with Crippen molar-refractivity contribution >= 4 is 15.8 Å². The highest BCUT2D eigenvalue weighted by Gasteiger charge is 2.40. The van der Waals surface area contributed by atoms with Crippen LogP contribution in [0.15, 0.2) is 29.3 Å². The standard InChI is InChI=1S/C19H31N3O3S/c1-6-20-18(22-11-12-26(23,24)19(4,5)14-22)21-13-16-7-9-17(10-8-16)25-15(2)3/h7-10,15H,6,11-14H2,1-5H3,(H,20,21). The maximum atomic E-state index is 12.2. The maximum absolute atomic E-state index is 12.2. The smallest absolute Gasteiger partial charge is 0.194 e. The predicted octanol–water partition coefficient (Wildman–Crippen LogP) is 2.45. The number of benzene rings is 1. The van der Waals surface area contributed by atoms with Gasteiger partial charge in [0.25, 0.3) is 0 Å². The molecule has 2 rings (SSSR count). The average Bonchev–Trinajstić information content (AvgIpc) is 2.55. The summed E-state index contributed by atoms with van der Waals surface area (Å²) < 4.78 is 29.3. The predicted molar refractivity (Wildman–Crippen MR) is 106 cm³/mol. The van der Waals surface area contributed by atoms with Gasteiger partial charge in [-0.2, -0.15) is 0 Å². The van der Waals surface area contributed by atoms with E-state index in [4.69, 9.17) is 9.73 Å². The molecule has 26 heavy (non-hydrogen) atoms. The summed E-state index contributed by atoms with van der Waals surface area (Å²) >= 11 is 0. The number of guanidine groups is 1. The maximum Gasteiger partial charge on any atom is 0.194 e. The zero-order valence-electron chi connectivity index (χ0n) is 16.4. The molecule has 0 bridgehead atoms. The van der Waals surface area contributed by atoms with Gasteiger partial charge in [0.05, 0.1) is 23.1 Å². The molecule has 7 heteroatoms. The van der Waals surface area contributed by atoms with Crippen molar-refractivity contribution in [2.24, 2.45) is 4.99 Å². The molecular formula is C19H31N3O3S. The average molecular weight is 382 g/mol. The summed E-state index contributed by atoms with van der Waals surface area (Å²) in [5.74, 6) is 1.77. The Morgan fingerprint density at radius 3 is 2.50 bits per heavy atom. The van der Waals surface area contributed by atoms with Crippen molar-refractivity contribution in [3.05, 3.63) is 29.8 Å². The number of nitrogens with one attached hydrogen (secondary N) is 1. The first kappa shape index (κ1) is 20.6. The molecule has 0 spiro atoms. The van der Waals surface area contributed by atoms with Gasteiger partial charge in [0.1, 0.15) is 5.75 Å². The van der Waals surface area contributed by atoms with Crippen LogP contribution in [0.5, 0.6) is 5.75 Å². The van der Waals surface area contributed by atoms with Crippen LogP contribution < -0.4 is 10.1 Å². The zero-order chi connectivity index (χ0) is 19.4. The molecule has 1 aromatic carbocycles. The summed E-state index contributed by atoms with van der Waals surface area (Å²) in [7, 11) is -3.06. The van der Waals surface area contributed by atoms with Crippen molar-refractivity contribution in [2.45, 2.75) is 52.0 Å². The van der Waals surface area contributed by atoms with Crippen molar-refractivity contribution in [1.82, 2.24) is 10.2 Å². The van der Waals surface area contributed by atoms with Crippen molar-refractivity contribution < 1.29 is 13.2 Å². The van der Waals surface area contributed by atoms with Crippen molar-refractivity contribution in [1.29, 1.82) is 0 Å². The highest BCUT2D eigenvalue weighted by atomic mass is 32.2. The molecule has 1 fully saturated rings. The van der Waals surface area contributed by atoms with Crippen LogP contribution in [-0.4, -0.2) is 55.5 Å². The number of nitrogens with zero attached hydrogens (tertiary/aromatic N) is 2. The van der Waals surface area contributed by atoms with E-state index in [2.05, 4.69) is 5.32 Å². The van der Waals surface area contributed by atoms with E-state index >= 15 is 0 Å². The normalized spacial score (nSPS) is 19.5. The molecule has 0 saturated carbocycles. The van der Waals surface area contributed by atoms with Crippen molar-refractivity contribution in [3.8, 4) is 5.75 Å². The number of ether oxygens (including phenoxy) is 1. The van der Waals surface area contributed by atoms with E-state index in [1.54, 1.807) is 13.8 Å². The molecule has 1 saturated heterocycles. The SMILES string of the molecule is CCNC(=NCc1ccc(OC(C)C)cc1)N1CCS(=O)(=O)C(C)(C)C1. The molecule has 0 aromatic heterocycles.